The highest BCUT2D eigenvalue weighted by Crippen LogP contribution is 2.21. The molecule has 112 valence electrons. The summed E-state index contributed by atoms with van der Waals surface area (Å²) < 4.78 is 13.3. The summed E-state index contributed by atoms with van der Waals surface area (Å²) in [6.45, 7) is 4.87. The van der Waals surface area contributed by atoms with Crippen LogP contribution in [0.15, 0.2) is 18.2 Å². The van der Waals surface area contributed by atoms with Crippen LogP contribution in [0.1, 0.15) is 36.3 Å². The van der Waals surface area contributed by atoms with Gasteiger partial charge in [-0.3, -0.25) is 4.79 Å². The standard InChI is InChI=1S/C15H17FN2O3/c1-4-15(3,14(20)21)18-13(19)12-7-10-8(2)5-9(16)6-11(10)17-12/h5-7,17H,4H2,1-3H3,(H,18,19)(H,20,21). The number of hydrogen-bond acceptors (Lipinski definition) is 2. The Labute approximate surface area is 121 Å². The minimum Gasteiger partial charge on any atom is -0.480 e. The van der Waals surface area contributed by atoms with E-state index in [2.05, 4.69) is 10.3 Å². The average Bonchev–Trinajstić information content (AvgIpc) is 2.82. The summed E-state index contributed by atoms with van der Waals surface area (Å²) in [5, 5.41) is 12.4. The predicted octanol–water partition coefficient (Wildman–Crippen LogP) is 2.60. The van der Waals surface area contributed by atoms with Crippen molar-refractivity contribution < 1.29 is 19.1 Å². The number of fused-ring (bicyclic) bond motifs is 1. The SMILES string of the molecule is CCC(C)(NC(=O)c1cc2c(C)cc(F)cc2[nH]1)C(=O)O. The van der Waals surface area contributed by atoms with Gasteiger partial charge in [-0.1, -0.05) is 6.92 Å². The van der Waals surface area contributed by atoms with Crippen molar-refractivity contribution >= 4 is 22.8 Å². The number of carbonyl (C=O) groups excluding carboxylic acids is 1. The molecule has 5 nitrogen and oxygen atoms in total. The van der Waals surface area contributed by atoms with Gasteiger partial charge in [0.15, 0.2) is 0 Å². The predicted molar refractivity (Wildman–Crippen MR) is 76.8 cm³/mol. The summed E-state index contributed by atoms with van der Waals surface area (Å²) in [5.74, 6) is -2.02. The molecule has 0 aliphatic rings. The Morgan fingerprint density at radius 2 is 2.05 bits per heavy atom. The summed E-state index contributed by atoms with van der Waals surface area (Å²) in [5.41, 5.74) is 0.0804. The van der Waals surface area contributed by atoms with E-state index in [1.807, 2.05) is 0 Å². The van der Waals surface area contributed by atoms with Crippen LogP contribution in [0.2, 0.25) is 0 Å². The smallest absolute Gasteiger partial charge is 0.329 e. The number of aliphatic carboxylic acids is 1. The Hall–Kier alpha value is -2.37. The number of halogens is 1. The lowest BCUT2D eigenvalue weighted by Gasteiger charge is -2.24. The first kappa shape index (κ1) is 15.0. The van der Waals surface area contributed by atoms with Gasteiger partial charge >= 0.3 is 5.97 Å². The maximum atomic E-state index is 13.3. The molecule has 0 spiro atoms. The molecule has 0 aliphatic heterocycles. The number of nitrogens with one attached hydrogen (secondary N) is 2. The third-order valence-corrected chi connectivity index (χ3v) is 3.72. The molecule has 1 heterocycles. The van der Waals surface area contributed by atoms with Gasteiger partial charge in [0.05, 0.1) is 0 Å². The number of amides is 1. The van der Waals surface area contributed by atoms with Gasteiger partial charge in [0.2, 0.25) is 0 Å². The van der Waals surface area contributed by atoms with E-state index < -0.39 is 23.2 Å². The fourth-order valence-corrected chi connectivity index (χ4v) is 2.11. The van der Waals surface area contributed by atoms with Crippen molar-refractivity contribution in [1.29, 1.82) is 0 Å². The Kier molecular flexibility index (Phi) is 3.72. The lowest BCUT2D eigenvalue weighted by atomic mass is 9.99. The number of carbonyl (C=O) groups is 2. The number of benzene rings is 1. The van der Waals surface area contributed by atoms with Crippen LogP contribution in [-0.2, 0) is 4.79 Å². The third-order valence-electron chi connectivity index (χ3n) is 3.72. The molecule has 1 aromatic carbocycles. The second kappa shape index (κ2) is 5.20. The van der Waals surface area contributed by atoms with Gasteiger partial charge in [0, 0.05) is 10.9 Å². The first-order valence-corrected chi connectivity index (χ1v) is 6.61. The Morgan fingerprint density at radius 3 is 2.62 bits per heavy atom. The van der Waals surface area contributed by atoms with Crippen molar-refractivity contribution in [2.45, 2.75) is 32.7 Å². The van der Waals surface area contributed by atoms with Gasteiger partial charge in [-0.25, -0.2) is 9.18 Å². The average molecular weight is 292 g/mol. The normalized spacial score (nSPS) is 13.9. The van der Waals surface area contributed by atoms with Crippen LogP contribution in [0, 0.1) is 12.7 Å². The summed E-state index contributed by atoms with van der Waals surface area (Å²) in [7, 11) is 0. The minimum absolute atomic E-state index is 0.208. The summed E-state index contributed by atoms with van der Waals surface area (Å²) in [6, 6.07) is 4.28. The van der Waals surface area contributed by atoms with Crippen molar-refractivity contribution in [3.63, 3.8) is 0 Å². The highest BCUT2D eigenvalue weighted by molar-refractivity contribution is 6.01. The summed E-state index contributed by atoms with van der Waals surface area (Å²) in [4.78, 5) is 26.2. The number of hydrogen-bond donors (Lipinski definition) is 3. The van der Waals surface area contributed by atoms with Crippen LogP contribution >= 0.6 is 0 Å². The monoisotopic (exact) mass is 292 g/mol. The third kappa shape index (κ3) is 2.74. The van der Waals surface area contributed by atoms with Crippen LogP contribution in [0.25, 0.3) is 10.9 Å². The summed E-state index contributed by atoms with van der Waals surface area (Å²) >= 11 is 0. The Morgan fingerprint density at radius 1 is 1.38 bits per heavy atom. The van der Waals surface area contributed by atoms with Crippen LogP contribution in [0.4, 0.5) is 4.39 Å². The van der Waals surface area contributed by atoms with Crippen molar-refractivity contribution in [2.24, 2.45) is 0 Å². The topological polar surface area (TPSA) is 82.2 Å². The second-order valence-electron chi connectivity index (χ2n) is 5.31. The van der Waals surface area contributed by atoms with E-state index in [9.17, 15) is 19.1 Å². The van der Waals surface area contributed by atoms with Gasteiger partial charge in [-0.05, 0) is 44.0 Å². The van der Waals surface area contributed by atoms with E-state index in [1.165, 1.54) is 19.1 Å². The number of aromatic nitrogens is 1. The zero-order chi connectivity index (χ0) is 15.8. The van der Waals surface area contributed by atoms with Gasteiger partial charge in [-0.15, -0.1) is 0 Å². The van der Waals surface area contributed by atoms with E-state index in [0.717, 1.165) is 5.39 Å². The van der Waals surface area contributed by atoms with Gasteiger partial charge in [0.25, 0.3) is 5.91 Å². The molecule has 1 unspecified atom stereocenters. The number of aryl methyl sites for hydroxylation is 1. The number of rotatable bonds is 4. The Balaban J connectivity index is 2.36. The van der Waals surface area contributed by atoms with Crippen LogP contribution in [-0.4, -0.2) is 27.5 Å². The quantitative estimate of drug-likeness (QED) is 0.810. The van der Waals surface area contributed by atoms with E-state index in [0.29, 0.717) is 11.1 Å². The number of carboxylic acid groups (broad SMARTS) is 1. The lowest BCUT2D eigenvalue weighted by Crippen LogP contribution is -2.51. The molecular weight excluding hydrogens is 275 g/mol. The zero-order valence-electron chi connectivity index (χ0n) is 12.1. The molecule has 1 aromatic heterocycles. The first-order valence-electron chi connectivity index (χ1n) is 6.61. The first-order chi connectivity index (χ1) is 9.76. The fraction of sp³-hybridized carbons (Fsp3) is 0.333. The van der Waals surface area contributed by atoms with Crippen LogP contribution < -0.4 is 5.32 Å². The van der Waals surface area contributed by atoms with Crippen LogP contribution in [0.5, 0.6) is 0 Å². The van der Waals surface area contributed by atoms with Crippen molar-refractivity contribution in [2.75, 3.05) is 0 Å². The molecule has 0 saturated heterocycles. The second-order valence-corrected chi connectivity index (χ2v) is 5.31. The van der Waals surface area contributed by atoms with E-state index in [1.54, 1.807) is 19.9 Å². The van der Waals surface area contributed by atoms with E-state index in [4.69, 9.17) is 0 Å². The maximum Gasteiger partial charge on any atom is 0.329 e. The fourth-order valence-electron chi connectivity index (χ4n) is 2.11. The number of carboxylic acids is 1. The van der Waals surface area contributed by atoms with Gasteiger partial charge in [0.1, 0.15) is 17.1 Å². The molecular formula is C15H17FN2O3. The molecule has 6 heteroatoms. The van der Waals surface area contributed by atoms with Crippen molar-refractivity contribution in [1.82, 2.24) is 10.3 Å². The van der Waals surface area contributed by atoms with Crippen molar-refractivity contribution in [3.05, 3.63) is 35.3 Å². The molecule has 21 heavy (non-hydrogen) atoms. The number of H-pyrrole nitrogens is 1. The largest absolute Gasteiger partial charge is 0.480 e. The molecule has 3 N–H and O–H groups in total. The molecule has 1 atom stereocenters. The zero-order valence-corrected chi connectivity index (χ0v) is 12.1. The summed E-state index contributed by atoms with van der Waals surface area (Å²) in [6.07, 6.45) is 0.252. The molecule has 0 fully saturated rings. The van der Waals surface area contributed by atoms with Gasteiger partial charge < -0.3 is 15.4 Å². The highest BCUT2D eigenvalue weighted by atomic mass is 19.1. The molecule has 2 aromatic rings. The van der Waals surface area contributed by atoms with Crippen LogP contribution in [0.3, 0.4) is 0 Å². The molecule has 0 saturated carbocycles. The maximum absolute atomic E-state index is 13.3. The molecule has 1 amide bonds. The van der Waals surface area contributed by atoms with Crippen molar-refractivity contribution in [3.8, 4) is 0 Å². The van der Waals surface area contributed by atoms with E-state index >= 15 is 0 Å². The molecule has 2 rings (SSSR count). The lowest BCUT2D eigenvalue weighted by molar-refractivity contribution is -0.143. The molecule has 0 radical (unpaired) electrons. The minimum atomic E-state index is -1.34. The number of aromatic amines is 1. The van der Waals surface area contributed by atoms with E-state index in [-0.39, 0.29) is 12.1 Å². The Bertz CT molecular complexity index is 723. The molecule has 0 bridgehead atoms. The molecule has 0 aliphatic carbocycles. The van der Waals surface area contributed by atoms with Gasteiger partial charge in [-0.2, -0.15) is 0 Å². The highest BCUT2D eigenvalue weighted by Gasteiger charge is 2.33.